The van der Waals surface area contributed by atoms with Gasteiger partial charge in [-0.3, -0.25) is 4.90 Å². The van der Waals surface area contributed by atoms with E-state index in [9.17, 15) is 5.11 Å². The van der Waals surface area contributed by atoms with Crippen LogP contribution in [0.15, 0.2) is 0 Å². The summed E-state index contributed by atoms with van der Waals surface area (Å²) in [6.45, 7) is 8.10. The van der Waals surface area contributed by atoms with Crippen LogP contribution in [0.5, 0.6) is 0 Å². The molecular weight excluding hydrogens is 238 g/mol. The zero-order chi connectivity index (χ0) is 13.8. The predicted molar refractivity (Wildman–Crippen MR) is 78.2 cm³/mol. The average molecular weight is 269 g/mol. The molecule has 112 valence electrons. The van der Waals surface area contributed by atoms with Crippen LogP contribution in [0.25, 0.3) is 0 Å². The SMILES string of the molecule is C[C@@H]1CCC[C@H](C)N1C[C@@H](O)CO[C@@H]1CCC[C@@H]1C. The van der Waals surface area contributed by atoms with Gasteiger partial charge in [-0.25, -0.2) is 0 Å². The third-order valence-electron chi connectivity index (χ3n) is 5.08. The number of aliphatic hydroxyl groups is 1. The number of β-amino-alcohol motifs (C(OH)–C–C–N with tert-alkyl or cyclic N) is 1. The van der Waals surface area contributed by atoms with Crippen molar-refractivity contribution in [3.8, 4) is 0 Å². The lowest BCUT2D eigenvalue weighted by Crippen LogP contribution is -2.48. The van der Waals surface area contributed by atoms with Crippen LogP contribution in [-0.2, 0) is 4.74 Å². The highest BCUT2D eigenvalue weighted by Crippen LogP contribution is 2.28. The molecule has 3 nitrogen and oxygen atoms in total. The van der Waals surface area contributed by atoms with Gasteiger partial charge in [0.2, 0.25) is 0 Å². The summed E-state index contributed by atoms with van der Waals surface area (Å²) in [5, 5.41) is 10.2. The number of hydrogen-bond donors (Lipinski definition) is 1. The molecule has 0 aromatic heterocycles. The van der Waals surface area contributed by atoms with E-state index in [-0.39, 0.29) is 6.10 Å². The lowest BCUT2D eigenvalue weighted by atomic mass is 9.97. The minimum Gasteiger partial charge on any atom is -0.389 e. The summed E-state index contributed by atoms with van der Waals surface area (Å²) >= 11 is 0. The van der Waals surface area contributed by atoms with Crippen molar-refractivity contribution in [3.05, 3.63) is 0 Å². The minimum atomic E-state index is -0.337. The van der Waals surface area contributed by atoms with Crippen molar-refractivity contribution in [1.29, 1.82) is 0 Å². The van der Waals surface area contributed by atoms with Crippen LogP contribution in [0.2, 0.25) is 0 Å². The summed E-state index contributed by atoms with van der Waals surface area (Å²) in [7, 11) is 0. The molecule has 1 aliphatic heterocycles. The van der Waals surface area contributed by atoms with E-state index in [0.29, 0.717) is 30.7 Å². The van der Waals surface area contributed by atoms with Crippen molar-refractivity contribution in [2.45, 2.75) is 83.6 Å². The predicted octanol–water partition coefficient (Wildman–Crippen LogP) is 2.82. The van der Waals surface area contributed by atoms with Crippen molar-refractivity contribution >= 4 is 0 Å². The summed E-state index contributed by atoms with van der Waals surface area (Å²) in [5.41, 5.74) is 0. The Balaban J connectivity index is 1.72. The van der Waals surface area contributed by atoms with Gasteiger partial charge in [0, 0.05) is 18.6 Å². The van der Waals surface area contributed by atoms with E-state index in [2.05, 4.69) is 25.7 Å². The van der Waals surface area contributed by atoms with E-state index in [4.69, 9.17) is 4.74 Å². The Morgan fingerprint density at radius 1 is 1.05 bits per heavy atom. The number of hydrogen-bond acceptors (Lipinski definition) is 3. The van der Waals surface area contributed by atoms with Gasteiger partial charge in [0.1, 0.15) is 0 Å². The maximum atomic E-state index is 10.2. The molecule has 0 aromatic carbocycles. The number of nitrogens with zero attached hydrogens (tertiary/aromatic N) is 1. The van der Waals surface area contributed by atoms with Gasteiger partial charge in [-0.1, -0.05) is 19.8 Å². The first-order chi connectivity index (χ1) is 9.08. The molecule has 0 aromatic rings. The molecule has 2 fully saturated rings. The summed E-state index contributed by atoms with van der Waals surface area (Å²) in [5.74, 6) is 0.667. The number of ether oxygens (including phenoxy) is 1. The third-order valence-corrected chi connectivity index (χ3v) is 5.08. The molecule has 0 unspecified atom stereocenters. The van der Waals surface area contributed by atoms with E-state index in [0.717, 1.165) is 6.54 Å². The Hall–Kier alpha value is -0.120. The molecule has 1 heterocycles. The molecule has 19 heavy (non-hydrogen) atoms. The molecule has 0 bridgehead atoms. The number of piperidine rings is 1. The molecule has 5 atom stereocenters. The molecule has 1 saturated heterocycles. The fourth-order valence-corrected chi connectivity index (χ4v) is 3.72. The quantitative estimate of drug-likeness (QED) is 0.833. The molecule has 0 spiro atoms. The van der Waals surface area contributed by atoms with Crippen LogP contribution in [0.4, 0.5) is 0 Å². The van der Waals surface area contributed by atoms with Gasteiger partial charge in [-0.15, -0.1) is 0 Å². The average Bonchev–Trinajstić information content (AvgIpc) is 2.77. The van der Waals surface area contributed by atoms with E-state index in [1.807, 2.05) is 0 Å². The van der Waals surface area contributed by atoms with Crippen LogP contribution >= 0.6 is 0 Å². The maximum Gasteiger partial charge on any atom is 0.0900 e. The highest BCUT2D eigenvalue weighted by Gasteiger charge is 2.28. The molecule has 3 heteroatoms. The van der Waals surface area contributed by atoms with Gasteiger partial charge in [0.05, 0.1) is 18.8 Å². The summed E-state index contributed by atoms with van der Waals surface area (Å²) in [6, 6.07) is 1.20. The monoisotopic (exact) mass is 269 g/mol. The number of likely N-dealkylation sites (tertiary alicyclic amines) is 1. The van der Waals surface area contributed by atoms with Crippen molar-refractivity contribution < 1.29 is 9.84 Å². The highest BCUT2D eigenvalue weighted by atomic mass is 16.5. The smallest absolute Gasteiger partial charge is 0.0900 e. The van der Waals surface area contributed by atoms with E-state index in [1.54, 1.807) is 0 Å². The number of rotatable bonds is 5. The highest BCUT2D eigenvalue weighted by molar-refractivity contribution is 4.82. The molecule has 1 saturated carbocycles. The van der Waals surface area contributed by atoms with Crippen LogP contribution in [-0.4, -0.2) is 47.4 Å². The Kier molecular flexibility index (Phi) is 5.67. The van der Waals surface area contributed by atoms with E-state index < -0.39 is 0 Å². The van der Waals surface area contributed by atoms with Crippen LogP contribution in [0, 0.1) is 5.92 Å². The summed E-state index contributed by atoms with van der Waals surface area (Å²) < 4.78 is 5.91. The first-order valence-corrected chi connectivity index (χ1v) is 8.13. The van der Waals surface area contributed by atoms with Gasteiger partial charge in [-0.05, 0) is 45.4 Å². The molecule has 1 aliphatic carbocycles. The largest absolute Gasteiger partial charge is 0.389 e. The fourth-order valence-electron chi connectivity index (χ4n) is 3.72. The first-order valence-electron chi connectivity index (χ1n) is 8.13. The zero-order valence-electron chi connectivity index (χ0n) is 12.8. The van der Waals surface area contributed by atoms with Crippen LogP contribution < -0.4 is 0 Å². The minimum absolute atomic E-state index is 0.337. The van der Waals surface area contributed by atoms with Crippen LogP contribution in [0.1, 0.15) is 59.3 Å². The molecule has 0 radical (unpaired) electrons. The molecular formula is C16H31NO2. The van der Waals surface area contributed by atoms with Gasteiger partial charge in [0.15, 0.2) is 0 Å². The van der Waals surface area contributed by atoms with Crippen molar-refractivity contribution in [2.75, 3.05) is 13.2 Å². The summed E-state index contributed by atoms with van der Waals surface area (Å²) in [6.07, 6.45) is 7.62. The van der Waals surface area contributed by atoms with E-state index >= 15 is 0 Å². The molecule has 0 amide bonds. The second-order valence-electron chi connectivity index (χ2n) is 6.76. The molecule has 2 rings (SSSR count). The fraction of sp³-hybridized carbons (Fsp3) is 1.00. The molecule has 1 N–H and O–H groups in total. The van der Waals surface area contributed by atoms with Gasteiger partial charge in [0.25, 0.3) is 0 Å². The molecule has 2 aliphatic rings. The maximum absolute atomic E-state index is 10.2. The van der Waals surface area contributed by atoms with Gasteiger partial charge in [-0.2, -0.15) is 0 Å². The Morgan fingerprint density at radius 3 is 2.26 bits per heavy atom. The zero-order valence-corrected chi connectivity index (χ0v) is 12.8. The van der Waals surface area contributed by atoms with Gasteiger partial charge >= 0.3 is 0 Å². The third kappa shape index (κ3) is 4.17. The van der Waals surface area contributed by atoms with Crippen LogP contribution in [0.3, 0.4) is 0 Å². The number of aliphatic hydroxyl groups excluding tert-OH is 1. The second-order valence-corrected chi connectivity index (χ2v) is 6.76. The van der Waals surface area contributed by atoms with Crippen molar-refractivity contribution in [3.63, 3.8) is 0 Å². The van der Waals surface area contributed by atoms with E-state index in [1.165, 1.54) is 38.5 Å². The second kappa shape index (κ2) is 7.05. The van der Waals surface area contributed by atoms with Gasteiger partial charge < -0.3 is 9.84 Å². The Bertz CT molecular complexity index is 261. The Labute approximate surface area is 118 Å². The lowest BCUT2D eigenvalue weighted by Gasteiger charge is -2.40. The van der Waals surface area contributed by atoms with Crippen molar-refractivity contribution in [2.24, 2.45) is 5.92 Å². The topological polar surface area (TPSA) is 32.7 Å². The van der Waals surface area contributed by atoms with Crippen molar-refractivity contribution in [1.82, 2.24) is 4.90 Å². The standard InChI is InChI=1S/C16H31NO2/c1-12-6-4-9-16(12)19-11-15(18)10-17-13(2)7-5-8-14(17)3/h12-16,18H,4-11H2,1-3H3/t12-,13-,14+,15+,16+/m0/s1. The lowest BCUT2D eigenvalue weighted by molar-refractivity contribution is -0.0439. The first kappa shape index (κ1) is 15.3. The normalized spacial score (nSPS) is 38.5. The Morgan fingerprint density at radius 2 is 1.68 bits per heavy atom. The summed E-state index contributed by atoms with van der Waals surface area (Å²) in [4.78, 5) is 2.45.